The van der Waals surface area contributed by atoms with Crippen molar-refractivity contribution in [2.24, 2.45) is 0 Å². The molecule has 2 aromatic rings. The number of rotatable bonds is 7. The second-order valence-corrected chi connectivity index (χ2v) is 9.54. The molecule has 1 atom stereocenters. The van der Waals surface area contributed by atoms with Crippen LogP contribution in [0, 0.1) is 6.92 Å². The number of methoxy groups -OCH3 is 1. The summed E-state index contributed by atoms with van der Waals surface area (Å²) in [7, 11) is 1.18. The Kier molecular flexibility index (Phi) is 6.69. The Morgan fingerprint density at radius 2 is 2.13 bits per heavy atom. The van der Waals surface area contributed by atoms with Gasteiger partial charge in [-0.25, -0.2) is 9.97 Å². The highest BCUT2D eigenvalue weighted by Crippen LogP contribution is 2.27. The largest absolute Gasteiger partial charge is 0.497 e. The zero-order valence-corrected chi connectivity index (χ0v) is 18.4. The second-order valence-electron chi connectivity index (χ2n) is 7.40. The fourth-order valence-corrected chi connectivity index (χ4v) is 4.51. The summed E-state index contributed by atoms with van der Waals surface area (Å²) in [6.07, 6.45) is 2.16. The van der Waals surface area contributed by atoms with Gasteiger partial charge in [-0.1, -0.05) is 12.1 Å². The molecule has 1 fully saturated rings. The van der Waals surface area contributed by atoms with Crippen LogP contribution < -0.4 is 10.1 Å². The predicted octanol–water partition coefficient (Wildman–Crippen LogP) is 1.32. The molecule has 10 heteroatoms. The van der Waals surface area contributed by atoms with Crippen LogP contribution in [0.4, 0.5) is 0 Å². The highest BCUT2D eigenvalue weighted by Gasteiger charge is 2.34. The summed E-state index contributed by atoms with van der Waals surface area (Å²) in [6.45, 7) is 2.88. The van der Waals surface area contributed by atoms with Crippen LogP contribution >= 0.6 is 0 Å². The van der Waals surface area contributed by atoms with Gasteiger partial charge in [-0.2, -0.15) is 17.0 Å². The van der Waals surface area contributed by atoms with Gasteiger partial charge in [0.2, 0.25) is 0 Å². The fraction of sp³-hybridized carbons (Fsp3) is 0.450. The summed E-state index contributed by atoms with van der Waals surface area (Å²) in [4.78, 5) is 21.4. The van der Waals surface area contributed by atoms with Crippen molar-refractivity contribution in [2.75, 3.05) is 34.3 Å². The van der Waals surface area contributed by atoms with Gasteiger partial charge in [0.05, 0.1) is 18.4 Å². The summed E-state index contributed by atoms with van der Waals surface area (Å²) in [5.41, 5.74) is 1.89. The van der Waals surface area contributed by atoms with Crippen molar-refractivity contribution in [3.63, 3.8) is 0 Å². The van der Waals surface area contributed by atoms with Gasteiger partial charge in [-0.15, -0.1) is 0 Å². The maximum absolute atomic E-state index is 12.6. The quantitative estimate of drug-likeness (QED) is 0.706. The molecule has 1 amide bonds. The van der Waals surface area contributed by atoms with E-state index in [-0.39, 0.29) is 11.8 Å². The van der Waals surface area contributed by atoms with Crippen LogP contribution in [-0.4, -0.2) is 67.2 Å². The molecule has 0 saturated carbocycles. The standard InChI is InChI=1S/C20H27N5O4S/c1-14-18(20(26)22-11-15-6-5-7-17(10-15)29-4)12-21-19(23-14)16-8-9-25(13-16)30(27,28)24(2)3/h5-7,10,12,16H,8-9,11,13H2,1-4H3,(H,22,26)/t16-/m1/s1. The summed E-state index contributed by atoms with van der Waals surface area (Å²) < 4.78 is 32.4. The average Bonchev–Trinajstić information content (AvgIpc) is 3.23. The van der Waals surface area contributed by atoms with Gasteiger partial charge < -0.3 is 10.1 Å². The lowest BCUT2D eigenvalue weighted by molar-refractivity contribution is 0.0949. The molecule has 0 radical (unpaired) electrons. The molecule has 3 rings (SSSR count). The van der Waals surface area contributed by atoms with Gasteiger partial charge in [-0.05, 0) is 31.0 Å². The third kappa shape index (κ3) is 4.77. The van der Waals surface area contributed by atoms with E-state index in [2.05, 4.69) is 15.3 Å². The number of aromatic nitrogens is 2. The molecule has 0 bridgehead atoms. The minimum atomic E-state index is -3.45. The first-order valence-electron chi connectivity index (χ1n) is 9.64. The number of ether oxygens (including phenoxy) is 1. The molecule has 0 spiro atoms. The Bertz CT molecular complexity index is 1030. The maximum Gasteiger partial charge on any atom is 0.281 e. The van der Waals surface area contributed by atoms with E-state index in [1.54, 1.807) is 14.0 Å². The second kappa shape index (κ2) is 9.07. The summed E-state index contributed by atoms with van der Waals surface area (Å²) >= 11 is 0. The highest BCUT2D eigenvalue weighted by atomic mass is 32.2. The van der Waals surface area contributed by atoms with Crippen molar-refractivity contribution in [3.05, 3.63) is 53.1 Å². The zero-order chi connectivity index (χ0) is 21.9. The first-order valence-corrected chi connectivity index (χ1v) is 11.0. The van der Waals surface area contributed by atoms with E-state index >= 15 is 0 Å². The Morgan fingerprint density at radius 1 is 1.37 bits per heavy atom. The zero-order valence-electron chi connectivity index (χ0n) is 17.6. The van der Waals surface area contributed by atoms with Gasteiger partial charge >= 0.3 is 0 Å². The topological polar surface area (TPSA) is 105 Å². The molecule has 1 aromatic carbocycles. The average molecular weight is 434 g/mol. The first-order chi connectivity index (χ1) is 14.2. The van der Waals surface area contributed by atoms with Crippen LogP contribution in [0.2, 0.25) is 0 Å². The van der Waals surface area contributed by atoms with E-state index < -0.39 is 10.2 Å². The molecule has 1 aromatic heterocycles. The minimum Gasteiger partial charge on any atom is -0.497 e. The van der Waals surface area contributed by atoms with Gasteiger partial charge in [0, 0.05) is 45.8 Å². The summed E-state index contributed by atoms with van der Waals surface area (Å²) in [5, 5.41) is 2.87. The van der Waals surface area contributed by atoms with Crippen molar-refractivity contribution in [2.45, 2.75) is 25.8 Å². The SMILES string of the molecule is COc1cccc(CNC(=O)c2cnc([C@@H]3CCN(S(=O)(=O)N(C)C)C3)nc2C)c1. The van der Waals surface area contributed by atoms with Crippen LogP contribution in [0.25, 0.3) is 0 Å². The molecule has 9 nitrogen and oxygen atoms in total. The summed E-state index contributed by atoms with van der Waals surface area (Å²) in [5.74, 6) is 0.943. The van der Waals surface area contributed by atoms with Gasteiger partial charge in [0.1, 0.15) is 11.6 Å². The molecule has 1 aliphatic heterocycles. The van der Waals surface area contributed by atoms with Crippen LogP contribution in [0.1, 0.15) is 39.8 Å². The molecule has 1 saturated heterocycles. The normalized spacial score (nSPS) is 17.3. The third-order valence-corrected chi connectivity index (χ3v) is 7.04. The molecular formula is C20H27N5O4S. The number of hydrogen-bond acceptors (Lipinski definition) is 6. The maximum atomic E-state index is 12.6. The number of carbonyl (C=O) groups is 1. The van der Waals surface area contributed by atoms with Crippen molar-refractivity contribution in [1.82, 2.24) is 23.9 Å². The van der Waals surface area contributed by atoms with Gasteiger partial charge in [0.25, 0.3) is 16.1 Å². The van der Waals surface area contributed by atoms with Crippen LogP contribution in [0.3, 0.4) is 0 Å². The Balaban J connectivity index is 1.66. The molecule has 2 heterocycles. The molecule has 1 aliphatic rings. The van der Waals surface area contributed by atoms with E-state index in [0.29, 0.717) is 43.1 Å². The van der Waals surface area contributed by atoms with Crippen molar-refractivity contribution < 1.29 is 17.9 Å². The lowest BCUT2D eigenvalue weighted by Crippen LogP contribution is -2.38. The minimum absolute atomic E-state index is 0.0904. The monoisotopic (exact) mass is 433 g/mol. The number of nitrogens with one attached hydrogen (secondary N) is 1. The Hall–Kier alpha value is -2.56. The van der Waals surface area contributed by atoms with E-state index in [1.165, 1.54) is 28.9 Å². The van der Waals surface area contributed by atoms with Crippen molar-refractivity contribution in [3.8, 4) is 5.75 Å². The highest BCUT2D eigenvalue weighted by molar-refractivity contribution is 7.86. The number of aryl methyl sites for hydroxylation is 1. The van der Waals surface area contributed by atoms with Crippen LogP contribution in [0.15, 0.2) is 30.5 Å². The van der Waals surface area contributed by atoms with Crippen molar-refractivity contribution in [1.29, 1.82) is 0 Å². The van der Waals surface area contributed by atoms with E-state index in [9.17, 15) is 13.2 Å². The van der Waals surface area contributed by atoms with E-state index in [0.717, 1.165) is 11.3 Å². The first kappa shape index (κ1) is 22.1. The number of hydrogen-bond donors (Lipinski definition) is 1. The van der Waals surface area contributed by atoms with E-state index in [4.69, 9.17) is 4.74 Å². The molecule has 30 heavy (non-hydrogen) atoms. The summed E-state index contributed by atoms with van der Waals surface area (Å²) in [6, 6.07) is 7.48. The lowest BCUT2D eigenvalue weighted by Gasteiger charge is -2.20. The molecule has 0 aliphatic carbocycles. The van der Waals surface area contributed by atoms with Gasteiger partial charge in [0.15, 0.2) is 0 Å². The number of amides is 1. The van der Waals surface area contributed by atoms with E-state index in [1.807, 2.05) is 24.3 Å². The molecular weight excluding hydrogens is 406 g/mol. The molecule has 1 N–H and O–H groups in total. The fourth-order valence-electron chi connectivity index (χ4n) is 3.34. The Labute approximate surface area is 177 Å². The number of benzene rings is 1. The van der Waals surface area contributed by atoms with Crippen LogP contribution in [-0.2, 0) is 16.8 Å². The smallest absolute Gasteiger partial charge is 0.281 e. The Morgan fingerprint density at radius 3 is 2.80 bits per heavy atom. The molecule has 0 unspecified atom stereocenters. The number of carbonyl (C=O) groups excluding carboxylic acids is 1. The number of nitrogens with zero attached hydrogens (tertiary/aromatic N) is 4. The van der Waals surface area contributed by atoms with Gasteiger partial charge in [-0.3, -0.25) is 4.79 Å². The van der Waals surface area contributed by atoms with Crippen LogP contribution in [0.5, 0.6) is 5.75 Å². The third-order valence-electron chi connectivity index (χ3n) is 5.13. The predicted molar refractivity (Wildman–Crippen MR) is 112 cm³/mol. The lowest BCUT2D eigenvalue weighted by atomic mass is 10.1. The molecule has 162 valence electrons. The van der Waals surface area contributed by atoms with Crippen molar-refractivity contribution >= 4 is 16.1 Å².